The van der Waals surface area contributed by atoms with Crippen LogP contribution in [0.25, 0.3) is 0 Å². The molecule has 4 heteroatoms. The number of rotatable bonds is 6. The van der Waals surface area contributed by atoms with Crippen molar-refractivity contribution in [1.82, 2.24) is 0 Å². The third-order valence-electron chi connectivity index (χ3n) is 3.19. The fraction of sp³-hybridized carbons (Fsp3) is 0.235. The summed E-state index contributed by atoms with van der Waals surface area (Å²) in [6, 6.07) is 14.1. The van der Waals surface area contributed by atoms with Crippen molar-refractivity contribution in [1.29, 1.82) is 0 Å². The van der Waals surface area contributed by atoms with Gasteiger partial charge in [0.1, 0.15) is 18.2 Å². The van der Waals surface area contributed by atoms with Crippen LogP contribution in [-0.4, -0.2) is 26.0 Å². The van der Waals surface area contributed by atoms with E-state index in [1.807, 2.05) is 42.3 Å². The third-order valence-corrected chi connectivity index (χ3v) is 3.19. The highest BCUT2D eigenvalue weighted by Gasteiger charge is 2.15. The number of hydrogen-bond donors (Lipinski definition) is 0. The van der Waals surface area contributed by atoms with Gasteiger partial charge >= 0.3 is 0 Å². The number of carbonyl (C=O) groups excluding carboxylic acids is 1. The van der Waals surface area contributed by atoms with Crippen LogP contribution in [0.15, 0.2) is 48.5 Å². The summed E-state index contributed by atoms with van der Waals surface area (Å²) < 4.78 is 19.4. The summed E-state index contributed by atoms with van der Waals surface area (Å²) in [5, 5.41) is 0. The van der Waals surface area contributed by atoms with Gasteiger partial charge in [0.05, 0.1) is 17.8 Å². The van der Waals surface area contributed by atoms with Gasteiger partial charge in [-0.15, -0.1) is 0 Å². The van der Waals surface area contributed by atoms with Gasteiger partial charge in [-0.05, 0) is 31.2 Å². The van der Waals surface area contributed by atoms with E-state index in [1.165, 1.54) is 13.0 Å². The zero-order chi connectivity index (χ0) is 15.2. The molecule has 0 aliphatic rings. The molecule has 0 heterocycles. The van der Waals surface area contributed by atoms with Crippen LogP contribution in [0.4, 0.5) is 10.1 Å². The molecule has 21 heavy (non-hydrogen) atoms. The Bertz CT molecular complexity index is 613. The number of hydrogen-bond acceptors (Lipinski definition) is 3. The first-order chi connectivity index (χ1) is 10.1. The lowest BCUT2D eigenvalue weighted by molar-refractivity contribution is 0.101. The van der Waals surface area contributed by atoms with Crippen molar-refractivity contribution in [2.24, 2.45) is 0 Å². The van der Waals surface area contributed by atoms with E-state index in [0.29, 0.717) is 18.8 Å². The molecule has 0 saturated heterocycles. The van der Waals surface area contributed by atoms with Gasteiger partial charge in [-0.25, -0.2) is 4.39 Å². The second-order valence-electron chi connectivity index (χ2n) is 4.77. The largest absolute Gasteiger partial charge is 0.492 e. The molecule has 0 aliphatic heterocycles. The van der Waals surface area contributed by atoms with E-state index in [4.69, 9.17) is 4.74 Å². The molecule has 0 aromatic heterocycles. The molecule has 110 valence electrons. The normalized spacial score (nSPS) is 10.2. The van der Waals surface area contributed by atoms with Crippen LogP contribution in [0, 0.1) is 5.82 Å². The Kier molecular flexibility index (Phi) is 4.93. The summed E-state index contributed by atoms with van der Waals surface area (Å²) in [6.45, 7) is 2.38. The van der Waals surface area contributed by atoms with E-state index >= 15 is 0 Å². The van der Waals surface area contributed by atoms with Gasteiger partial charge in [-0.1, -0.05) is 24.3 Å². The van der Waals surface area contributed by atoms with Gasteiger partial charge in [0.2, 0.25) is 0 Å². The van der Waals surface area contributed by atoms with E-state index in [9.17, 15) is 9.18 Å². The predicted molar refractivity (Wildman–Crippen MR) is 81.6 cm³/mol. The van der Waals surface area contributed by atoms with Crippen LogP contribution >= 0.6 is 0 Å². The topological polar surface area (TPSA) is 29.5 Å². The quantitative estimate of drug-likeness (QED) is 0.761. The number of nitrogens with zero attached hydrogens (tertiary/aromatic N) is 1. The van der Waals surface area contributed by atoms with E-state index in [1.54, 1.807) is 12.1 Å². The molecule has 2 aromatic rings. The van der Waals surface area contributed by atoms with Crippen LogP contribution < -0.4 is 9.64 Å². The van der Waals surface area contributed by atoms with Crippen molar-refractivity contribution in [2.45, 2.75) is 6.92 Å². The van der Waals surface area contributed by atoms with Crippen LogP contribution in [-0.2, 0) is 0 Å². The van der Waals surface area contributed by atoms with Crippen molar-refractivity contribution >= 4 is 11.5 Å². The first kappa shape index (κ1) is 15.0. The summed E-state index contributed by atoms with van der Waals surface area (Å²) in [6.07, 6.45) is 0. The first-order valence-electron chi connectivity index (χ1n) is 6.78. The van der Waals surface area contributed by atoms with Crippen LogP contribution in [0.5, 0.6) is 5.75 Å². The van der Waals surface area contributed by atoms with E-state index in [0.717, 1.165) is 5.75 Å². The minimum atomic E-state index is -0.490. The Morgan fingerprint density at radius 1 is 1.14 bits per heavy atom. The van der Waals surface area contributed by atoms with Crippen molar-refractivity contribution in [2.75, 3.05) is 25.1 Å². The predicted octanol–water partition coefficient (Wildman–Crippen LogP) is 3.54. The molecule has 0 N–H and O–H groups in total. The second kappa shape index (κ2) is 6.88. The summed E-state index contributed by atoms with van der Waals surface area (Å²) in [4.78, 5) is 13.4. The zero-order valence-electron chi connectivity index (χ0n) is 12.2. The number of benzene rings is 2. The molecule has 0 amide bonds. The molecule has 0 fully saturated rings. The standard InChI is InChI=1S/C17H18FNO2/c1-13(20)17-15(18)9-6-10-16(17)19(2)11-12-21-14-7-4-3-5-8-14/h3-10H,11-12H2,1-2H3. The molecule has 2 aromatic carbocycles. The molecule has 0 radical (unpaired) electrons. The Balaban J connectivity index is 2.02. The smallest absolute Gasteiger partial charge is 0.164 e. The molecule has 3 nitrogen and oxygen atoms in total. The van der Waals surface area contributed by atoms with Crippen molar-refractivity contribution in [3.8, 4) is 5.75 Å². The maximum absolute atomic E-state index is 13.8. The molecule has 0 aliphatic carbocycles. The maximum atomic E-state index is 13.8. The highest BCUT2D eigenvalue weighted by Crippen LogP contribution is 2.22. The summed E-state index contributed by atoms with van der Waals surface area (Å²) in [7, 11) is 1.82. The summed E-state index contributed by atoms with van der Waals surface area (Å²) in [5.41, 5.74) is 0.707. The molecular weight excluding hydrogens is 269 g/mol. The number of ether oxygens (including phenoxy) is 1. The van der Waals surface area contributed by atoms with Gasteiger partial charge < -0.3 is 9.64 Å². The fourth-order valence-electron chi connectivity index (χ4n) is 2.12. The van der Waals surface area contributed by atoms with Gasteiger partial charge in [0.25, 0.3) is 0 Å². The molecule has 0 atom stereocenters. The van der Waals surface area contributed by atoms with E-state index in [2.05, 4.69) is 0 Å². The van der Waals surface area contributed by atoms with Crippen molar-refractivity contribution in [3.05, 3.63) is 59.9 Å². The number of anilines is 1. The van der Waals surface area contributed by atoms with Gasteiger partial charge in [0, 0.05) is 7.05 Å². The monoisotopic (exact) mass is 287 g/mol. The van der Waals surface area contributed by atoms with Crippen molar-refractivity contribution < 1.29 is 13.9 Å². The van der Waals surface area contributed by atoms with Crippen molar-refractivity contribution in [3.63, 3.8) is 0 Å². The Hall–Kier alpha value is -2.36. The minimum Gasteiger partial charge on any atom is -0.492 e. The van der Waals surface area contributed by atoms with Crippen LogP contribution in [0.2, 0.25) is 0 Å². The molecule has 0 spiro atoms. The SMILES string of the molecule is CC(=O)c1c(F)cccc1N(C)CCOc1ccccc1. The van der Waals surface area contributed by atoms with Crippen LogP contribution in [0.1, 0.15) is 17.3 Å². The Morgan fingerprint density at radius 3 is 2.52 bits per heavy atom. The Morgan fingerprint density at radius 2 is 1.86 bits per heavy atom. The zero-order valence-corrected chi connectivity index (χ0v) is 12.2. The summed E-state index contributed by atoms with van der Waals surface area (Å²) in [5.74, 6) is 0.0201. The van der Waals surface area contributed by atoms with Gasteiger partial charge in [-0.3, -0.25) is 4.79 Å². The average Bonchev–Trinajstić information content (AvgIpc) is 2.47. The highest BCUT2D eigenvalue weighted by molar-refractivity contribution is 6.00. The fourth-order valence-corrected chi connectivity index (χ4v) is 2.12. The average molecular weight is 287 g/mol. The third kappa shape index (κ3) is 3.81. The van der Waals surface area contributed by atoms with Gasteiger partial charge in [0.15, 0.2) is 5.78 Å². The number of Topliss-reactive ketones (excluding diaryl/α,β-unsaturated/α-hetero) is 1. The van der Waals surface area contributed by atoms with E-state index in [-0.39, 0.29) is 11.3 Å². The molecular formula is C17H18FNO2. The van der Waals surface area contributed by atoms with Gasteiger partial charge in [-0.2, -0.15) is 0 Å². The maximum Gasteiger partial charge on any atom is 0.164 e. The second-order valence-corrected chi connectivity index (χ2v) is 4.77. The lowest BCUT2D eigenvalue weighted by atomic mass is 10.1. The number of para-hydroxylation sites is 1. The molecule has 0 bridgehead atoms. The molecule has 0 saturated carbocycles. The molecule has 2 rings (SSSR count). The number of halogens is 1. The first-order valence-corrected chi connectivity index (χ1v) is 6.78. The van der Waals surface area contributed by atoms with E-state index < -0.39 is 5.82 Å². The lowest BCUT2D eigenvalue weighted by Gasteiger charge is -2.22. The molecule has 0 unspecified atom stereocenters. The Labute approximate surface area is 124 Å². The number of ketones is 1. The highest BCUT2D eigenvalue weighted by atomic mass is 19.1. The minimum absolute atomic E-state index is 0.125. The number of likely N-dealkylation sites (N-methyl/N-ethyl adjacent to an activating group) is 1. The number of carbonyl (C=O) groups is 1. The van der Waals surface area contributed by atoms with Crippen LogP contribution in [0.3, 0.4) is 0 Å². The lowest BCUT2D eigenvalue weighted by Crippen LogP contribution is -2.25. The summed E-state index contributed by atoms with van der Waals surface area (Å²) >= 11 is 0.